The first-order valence-corrected chi connectivity index (χ1v) is 8.48. The van der Waals surface area contributed by atoms with Crippen LogP contribution in [0.2, 0.25) is 0 Å². The van der Waals surface area contributed by atoms with Gasteiger partial charge in [-0.2, -0.15) is 4.31 Å². The topological polar surface area (TPSA) is 54.5 Å². The lowest BCUT2D eigenvalue weighted by molar-refractivity contribution is 0.101. The van der Waals surface area contributed by atoms with Crippen LogP contribution in [-0.2, 0) is 10.0 Å². The van der Waals surface area contributed by atoms with Gasteiger partial charge in [0, 0.05) is 18.7 Å². The van der Waals surface area contributed by atoms with Gasteiger partial charge in [-0.1, -0.05) is 6.92 Å². The third-order valence-electron chi connectivity index (χ3n) is 4.02. The molecule has 0 radical (unpaired) electrons. The molecular weight excluding hydrogens is 293 g/mol. The summed E-state index contributed by atoms with van der Waals surface area (Å²) in [7, 11) is -3.88. The highest BCUT2D eigenvalue weighted by Crippen LogP contribution is 2.27. The van der Waals surface area contributed by atoms with Crippen LogP contribution >= 0.6 is 0 Å². The van der Waals surface area contributed by atoms with E-state index in [4.69, 9.17) is 0 Å². The molecule has 1 saturated heterocycles. The summed E-state index contributed by atoms with van der Waals surface area (Å²) in [5, 5.41) is 0. The Morgan fingerprint density at radius 3 is 2.38 bits per heavy atom. The molecule has 0 saturated carbocycles. The molecular formula is C15H20FNO3S. The first-order chi connectivity index (χ1) is 9.73. The number of ketones is 1. The Bertz CT molecular complexity index is 662. The fourth-order valence-corrected chi connectivity index (χ4v) is 4.14. The third kappa shape index (κ3) is 3.16. The first-order valence-electron chi connectivity index (χ1n) is 7.04. The third-order valence-corrected chi connectivity index (χ3v) is 5.93. The van der Waals surface area contributed by atoms with Crippen molar-refractivity contribution in [3.8, 4) is 0 Å². The van der Waals surface area contributed by atoms with Crippen LogP contribution in [0.15, 0.2) is 17.0 Å². The maximum Gasteiger partial charge on any atom is 0.246 e. The Kier molecular flexibility index (Phi) is 4.49. The highest BCUT2D eigenvalue weighted by molar-refractivity contribution is 7.89. The Balaban J connectivity index is 2.45. The number of rotatable bonds is 3. The van der Waals surface area contributed by atoms with Crippen molar-refractivity contribution in [3.05, 3.63) is 29.1 Å². The molecule has 1 aromatic carbocycles. The van der Waals surface area contributed by atoms with E-state index in [0.29, 0.717) is 24.6 Å². The summed E-state index contributed by atoms with van der Waals surface area (Å²) < 4.78 is 40.6. The molecule has 6 heteroatoms. The number of benzene rings is 1. The van der Waals surface area contributed by atoms with Crippen molar-refractivity contribution in [1.82, 2.24) is 4.31 Å². The van der Waals surface area contributed by atoms with E-state index < -0.39 is 20.7 Å². The average Bonchev–Trinajstić information content (AvgIpc) is 2.38. The fourth-order valence-electron chi connectivity index (χ4n) is 2.59. The van der Waals surface area contributed by atoms with Gasteiger partial charge in [-0.15, -0.1) is 0 Å². The minimum atomic E-state index is -3.88. The molecule has 1 aliphatic heterocycles. The predicted molar refractivity (Wildman–Crippen MR) is 78.3 cm³/mol. The van der Waals surface area contributed by atoms with Crippen LogP contribution in [-0.4, -0.2) is 31.6 Å². The summed E-state index contributed by atoms with van der Waals surface area (Å²) in [6.45, 7) is 5.81. The van der Waals surface area contributed by atoms with Crippen molar-refractivity contribution in [2.45, 2.75) is 38.5 Å². The molecule has 0 amide bonds. The van der Waals surface area contributed by atoms with E-state index in [2.05, 4.69) is 6.92 Å². The summed E-state index contributed by atoms with van der Waals surface area (Å²) in [4.78, 5) is 11.1. The van der Waals surface area contributed by atoms with Crippen LogP contribution in [0.1, 0.15) is 42.6 Å². The molecule has 0 aliphatic carbocycles. The molecule has 0 bridgehead atoms. The van der Waals surface area contributed by atoms with Gasteiger partial charge in [0.2, 0.25) is 10.0 Å². The highest BCUT2D eigenvalue weighted by Gasteiger charge is 2.31. The Morgan fingerprint density at radius 2 is 1.86 bits per heavy atom. The van der Waals surface area contributed by atoms with E-state index in [-0.39, 0.29) is 11.3 Å². The number of carbonyl (C=O) groups is 1. The molecule has 0 spiro atoms. The summed E-state index contributed by atoms with van der Waals surface area (Å²) >= 11 is 0. The molecule has 2 rings (SSSR count). The number of halogens is 1. The maximum absolute atomic E-state index is 14.1. The molecule has 0 unspecified atom stereocenters. The van der Waals surface area contributed by atoms with Crippen LogP contribution in [0, 0.1) is 18.7 Å². The van der Waals surface area contributed by atoms with Gasteiger partial charge < -0.3 is 0 Å². The first kappa shape index (κ1) is 16.1. The lowest BCUT2D eigenvalue weighted by Gasteiger charge is -2.29. The Hall–Kier alpha value is -1.27. The van der Waals surface area contributed by atoms with E-state index in [1.165, 1.54) is 17.3 Å². The lowest BCUT2D eigenvalue weighted by Crippen LogP contribution is -2.38. The largest absolute Gasteiger partial charge is 0.295 e. The number of sulfonamides is 1. The minimum absolute atomic E-state index is 0.250. The molecule has 0 atom stereocenters. The van der Waals surface area contributed by atoms with Gasteiger partial charge in [-0.05, 0) is 50.3 Å². The maximum atomic E-state index is 14.1. The van der Waals surface area contributed by atoms with Gasteiger partial charge in [0.1, 0.15) is 10.7 Å². The Morgan fingerprint density at radius 1 is 1.29 bits per heavy atom. The number of nitrogens with zero attached hydrogens (tertiary/aromatic N) is 1. The summed E-state index contributed by atoms with van der Waals surface area (Å²) in [5.41, 5.74) is 0.701. The van der Waals surface area contributed by atoms with Crippen molar-refractivity contribution in [2.75, 3.05) is 13.1 Å². The summed E-state index contributed by atoms with van der Waals surface area (Å²) in [5.74, 6) is -0.584. The molecule has 0 aromatic heterocycles. The Labute approximate surface area is 125 Å². The predicted octanol–water partition coefficient (Wildman–Crippen LogP) is 2.76. The number of Topliss-reactive ketones (excluding diaryl/α,β-unsaturated/α-hetero) is 1. The standard InChI is InChI=1S/C15H20FNO3S/c1-10-4-6-17(7-5-10)21(19,20)15-9-13(12(3)18)11(2)8-14(15)16/h8-10H,4-7H2,1-3H3. The second kappa shape index (κ2) is 5.85. The molecule has 1 fully saturated rings. The number of piperidine rings is 1. The molecule has 1 aliphatic rings. The van der Waals surface area contributed by atoms with Crippen molar-refractivity contribution in [1.29, 1.82) is 0 Å². The van der Waals surface area contributed by atoms with Gasteiger partial charge >= 0.3 is 0 Å². The number of aryl methyl sites for hydroxylation is 1. The molecule has 21 heavy (non-hydrogen) atoms. The smallest absolute Gasteiger partial charge is 0.246 e. The molecule has 4 nitrogen and oxygen atoms in total. The quantitative estimate of drug-likeness (QED) is 0.806. The second-order valence-electron chi connectivity index (χ2n) is 5.74. The van der Waals surface area contributed by atoms with E-state index in [1.54, 1.807) is 6.92 Å². The highest BCUT2D eigenvalue weighted by atomic mass is 32.2. The van der Waals surface area contributed by atoms with Crippen molar-refractivity contribution in [3.63, 3.8) is 0 Å². The zero-order valence-corrected chi connectivity index (χ0v) is 13.3. The van der Waals surface area contributed by atoms with Crippen LogP contribution in [0.3, 0.4) is 0 Å². The fraction of sp³-hybridized carbons (Fsp3) is 0.533. The molecule has 1 aromatic rings. The molecule has 0 N–H and O–H groups in total. The van der Waals surface area contributed by atoms with Crippen molar-refractivity contribution in [2.24, 2.45) is 5.92 Å². The zero-order valence-electron chi connectivity index (χ0n) is 12.5. The summed E-state index contributed by atoms with van der Waals surface area (Å²) in [6, 6.07) is 2.29. The molecule has 116 valence electrons. The van der Waals surface area contributed by atoms with E-state index in [9.17, 15) is 17.6 Å². The van der Waals surface area contributed by atoms with Crippen molar-refractivity contribution < 1.29 is 17.6 Å². The zero-order chi connectivity index (χ0) is 15.8. The molecule has 1 heterocycles. The van der Waals surface area contributed by atoms with Crippen LogP contribution in [0.4, 0.5) is 4.39 Å². The van der Waals surface area contributed by atoms with E-state index in [1.807, 2.05) is 0 Å². The van der Waals surface area contributed by atoms with Gasteiger partial charge in [0.15, 0.2) is 5.78 Å². The van der Waals surface area contributed by atoms with Crippen LogP contribution < -0.4 is 0 Å². The van der Waals surface area contributed by atoms with Crippen LogP contribution in [0.25, 0.3) is 0 Å². The minimum Gasteiger partial charge on any atom is -0.295 e. The van der Waals surface area contributed by atoms with Gasteiger partial charge in [0.25, 0.3) is 0 Å². The average molecular weight is 313 g/mol. The van der Waals surface area contributed by atoms with Crippen LogP contribution in [0.5, 0.6) is 0 Å². The number of hydrogen-bond acceptors (Lipinski definition) is 3. The number of hydrogen-bond donors (Lipinski definition) is 0. The van der Waals surface area contributed by atoms with Gasteiger partial charge in [0.05, 0.1) is 0 Å². The normalized spacial score (nSPS) is 17.9. The van der Waals surface area contributed by atoms with Gasteiger partial charge in [-0.25, -0.2) is 12.8 Å². The van der Waals surface area contributed by atoms with E-state index in [0.717, 1.165) is 18.9 Å². The van der Waals surface area contributed by atoms with Crippen molar-refractivity contribution >= 4 is 15.8 Å². The lowest BCUT2D eigenvalue weighted by atomic mass is 10.0. The van der Waals surface area contributed by atoms with E-state index >= 15 is 0 Å². The SMILES string of the molecule is CC(=O)c1cc(S(=O)(=O)N2CCC(C)CC2)c(F)cc1C. The van der Waals surface area contributed by atoms with Gasteiger partial charge in [-0.3, -0.25) is 4.79 Å². The summed E-state index contributed by atoms with van der Waals surface area (Å²) in [6.07, 6.45) is 1.54. The monoisotopic (exact) mass is 313 g/mol. The second-order valence-corrected chi connectivity index (χ2v) is 7.65. The number of carbonyl (C=O) groups excluding carboxylic acids is 1.